The van der Waals surface area contributed by atoms with Gasteiger partial charge in [0, 0.05) is 15.1 Å². The van der Waals surface area contributed by atoms with Gasteiger partial charge in [-0.1, -0.05) is 41.4 Å². The van der Waals surface area contributed by atoms with Crippen LogP contribution in [0.3, 0.4) is 0 Å². The zero-order valence-electron chi connectivity index (χ0n) is 15.0. The molecule has 0 saturated heterocycles. The van der Waals surface area contributed by atoms with Crippen LogP contribution in [0, 0.1) is 6.92 Å². The molecular weight excluding hydrogens is 453 g/mol. The lowest BCUT2D eigenvalue weighted by Crippen LogP contribution is -2.49. The summed E-state index contributed by atoms with van der Waals surface area (Å²) in [6, 6.07) is 12.5. The predicted octanol–water partition coefficient (Wildman–Crippen LogP) is 4.23. The standard InChI is InChI=1S/C19H15Cl2N3O3S2/c1-10-8-11(20)6-7-13(10)27-9-15(25)22-19(28)24-23-18(26)17-16(21)12-4-2-3-5-14(12)29-17/h2-8H,9H2,1H3,(H,23,26)(H2,22,24,25,28). The first-order valence-corrected chi connectivity index (χ1v) is 10.3. The molecular formula is C19H15Cl2N3O3S2. The molecule has 1 heterocycles. The Morgan fingerprint density at radius 1 is 1.14 bits per heavy atom. The fourth-order valence-corrected chi connectivity index (χ4v) is 4.25. The number of carbonyl (C=O) groups excluding carboxylic acids is 2. The number of thiophene rings is 1. The average Bonchev–Trinajstić information content (AvgIpc) is 3.02. The average molecular weight is 468 g/mol. The van der Waals surface area contributed by atoms with E-state index in [0.717, 1.165) is 15.6 Å². The van der Waals surface area contributed by atoms with Gasteiger partial charge in [-0.05, 0) is 49.0 Å². The topological polar surface area (TPSA) is 79.5 Å². The fourth-order valence-electron chi connectivity index (χ4n) is 2.44. The molecule has 10 heteroatoms. The summed E-state index contributed by atoms with van der Waals surface area (Å²) in [6.45, 7) is 1.57. The third-order valence-electron chi connectivity index (χ3n) is 3.78. The second kappa shape index (κ2) is 9.41. The van der Waals surface area contributed by atoms with Crippen molar-refractivity contribution in [3.63, 3.8) is 0 Å². The van der Waals surface area contributed by atoms with E-state index < -0.39 is 11.8 Å². The molecule has 0 aliphatic heterocycles. The second-order valence-electron chi connectivity index (χ2n) is 5.90. The van der Waals surface area contributed by atoms with Crippen LogP contribution in [0.5, 0.6) is 5.75 Å². The zero-order valence-corrected chi connectivity index (χ0v) is 18.2. The molecule has 6 nitrogen and oxygen atoms in total. The minimum absolute atomic E-state index is 0.0722. The number of halogens is 2. The van der Waals surface area contributed by atoms with Gasteiger partial charge in [0.15, 0.2) is 11.7 Å². The van der Waals surface area contributed by atoms with Crippen molar-refractivity contribution in [2.45, 2.75) is 6.92 Å². The van der Waals surface area contributed by atoms with Gasteiger partial charge in [0.25, 0.3) is 11.8 Å². The van der Waals surface area contributed by atoms with Crippen LogP contribution >= 0.6 is 46.8 Å². The molecule has 0 bridgehead atoms. The van der Waals surface area contributed by atoms with E-state index >= 15 is 0 Å². The molecule has 2 aromatic carbocycles. The van der Waals surface area contributed by atoms with E-state index in [2.05, 4.69) is 16.2 Å². The summed E-state index contributed by atoms with van der Waals surface area (Å²) in [6.07, 6.45) is 0. The lowest BCUT2D eigenvalue weighted by Gasteiger charge is -2.12. The summed E-state index contributed by atoms with van der Waals surface area (Å²) in [5.74, 6) is -0.400. The number of hydrazine groups is 1. The van der Waals surface area contributed by atoms with Crippen molar-refractivity contribution in [1.82, 2.24) is 16.2 Å². The smallest absolute Gasteiger partial charge is 0.281 e. The van der Waals surface area contributed by atoms with Crippen molar-refractivity contribution in [2.24, 2.45) is 0 Å². The van der Waals surface area contributed by atoms with Gasteiger partial charge in [-0.15, -0.1) is 11.3 Å². The van der Waals surface area contributed by atoms with Crippen molar-refractivity contribution in [2.75, 3.05) is 6.61 Å². The number of amides is 2. The summed E-state index contributed by atoms with van der Waals surface area (Å²) in [5, 5.41) is 4.09. The first kappa shape index (κ1) is 21.3. The first-order valence-electron chi connectivity index (χ1n) is 8.31. The zero-order chi connectivity index (χ0) is 21.0. The van der Waals surface area contributed by atoms with Gasteiger partial charge in [-0.2, -0.15) is 0 Å². The van der Waals surface area contributed by atoms with Crippen LogP contribution < -0.4 is 20.9 Å². The van der Waals surface area contributed by atoms with Gasteiger partial charge < -0.3 is 4.74 Å². The number of rotatable bonds is 4. The number of hydrogen-bond donors (Lipinski definition) is 3. The van der Waals surface area contributed by atoms with Gasteiger partial charge in [0.05, 0.1) is 5.02 Å². The molecule has 29 heavy (non-hydrogen) atoms. The van der Waals surface area contributed by atoms with Crippen molar-refractivity contribution in [3.05, 3.63) is 63.0 Å². The van der Waals surface area contributed by atoms with Crippen LogP contribution in [0.4, 0.5) is 0 Å². The molecule has 2 amide bonds. The van der Waals surface area contributed by atoms with Crippen LogP contribution in [0.2, 0.25) is 10.0 Å². The number of hydrogen-bond acceptors (Lipinski definition) is 5. The highest BCUT2D eigenvalue weighted by Crippen LogP contribution is 2.34. The Morgan fingerprint density at radius 3 is 2.62 bits per heavy atom. The highest BCUT2D eigenvalue weighted by Gasteiger charge is 2.17. The van der Waals surface area contributed by atoms with Crippen molar-refractivity contribution >= 4 is 73.8 Å². The quantitative estimate of drug-likeness (QED) is 0.395. The third kappa shape index (κ3) is 5.36. The molecule has 150 valence electrons. The monoisotopic (exact) mass is 467 g/mol. The van der Waals surface area contributed by atoms with Crippen molar-refractivity contribution in [3.8, 4) is 5.75 Å². The van der Waals surface area contributed by atoms with Crippen LogP contribution in [0.1, 0.15) is 15.2 Å². The third-order valence-corrected chi connectivity index (χ3v) is 5.89. The molecule has 0 aliphatic rings. The van der Waals surface area contributed by atoms with Gasteiger partial charge in [-0.25, -0.2) is 0 Å². The fraction of sp³-hybridized carbons (Fsp3) is 0.105. The second-order valence-corrected chi connectivity index (χ2v) is 8.17. The molecule has 3 rings (SSSR count). The van der Waals surface area contributed by atoms with E-state index in [4.69, 9.17) is 40.2 Å². The highest BCUT2D eigenvalue weighted by molar-refractivity contribution is 7.80. The Morgan fingerprint density at radius 2 is 1.90 bits per heavy atom. The summed E-state index contributed by atoms with van der Waals surface area (Å²) in [4.78, 5) is 24.7. The van der Waals surface area contributed by atoms with Crippen LogP contribution in [0.25, 0.3) is 10.1 Å². The first-order chi connectivity index (χ1) is 13.8. The minimum atomic E-state index is -0.481. The largest absolute Gasteiger partial charge is 0.483 e. The molecule has 3 N–H and O–H groups in total. The molecule has 0 unspecified atom stereocenters. The maximum atomic E-state index is 12.3. The molecule has 0 spiro atoms. The number of thiocarbonyl (C=S) groups is 1. The highest BCUT2D eigenvalue weighted by atomic mass is 35.5. The Balaban J connectivity index is 1.49. The van der Waals surface area contributed by atoms with Gasteiger partial charge in [0.2, 0.25) is 0 Å². The number of aryl methyl sites for hydroxylation is 1. The maximum absolute atomic E-state index is 12.3. The number of carbonyl (C=O) groups is 2. The lowest BCUT2D eigenvalue weighted by atomic mass is 10.2. The number of nitrogens with one attached hydrogen (secondary N) is 3. The Hall–Kier alpha value is -2.39. The van der Waals surface area contributed by atoms with Crippen molar-refractivity contribution in [1.29, 1.82) is 0 Å². The molecule has 0 aliphatic carbocycles. The van der Waals surface area contributed by atoms with E-state index in [0.29, 0.717) is 20.7 Å². The normalized spacial score (nSPS) is 10.4. The molecule has 0 fully saturated rings. The Bertz CT molecular complexity index is 1100. The van der Waals surface area contributed by atoms with Crippen LogP contribution in [-0.2, 0) is 4.79 Å². The summed E-state index contributed by atoms with van der Waals surface area (Å²) >= 11 is 18.4. The van der Waals surface area contributed by atoms with E-state index in [9.17, 15) is 9.59 Å². The SMILES string of the molecule is Cc1cc(Cl)ccc1OCC(=O)NC(=S)NNC(=O)c1sc2ccccc2c1Cl. The predicted molar refractivity (Wildman–Crippen MR) is 120 cm³/mol. The van der Waals surface area contributed by atoms with E-state index in [-0.39, 0.29) is 11.7 Å². The van der Waals surface area contributed by atoms with Crippen LogP contribution in [0.15, 0.2) is 42.5 Å². The van der Waals surface area contributed by atoms with Gasteiger partial charge in [-0.3, -0.25) is 25.8 Å². The van der Waals surface area contributed by atoms with Gasteiger partial charge in [0.1, 0.15) is 10.6 Å². The Kier molecular flexibility index (Phi) is 6.92. The number of benzene rings is 2. The molecule has 0 atom stereocenters. The Labute approximate surface area is 186 Å². The van der Waals surface area contributed by atoms with Crippen LogP contribution in [-0.4, -0.2) is 23.5 Å². The molecule has 1 aromatic heterocycles. The van der Waals surface area contributed by atoms with E-state index in [1.165, 1.54) is 11.3 Å². The number of fused-ring (bicyclic) bond motifs is 1. The van der Waals surface area contributed by atoms with Crippen molar-refractivity contribution < 1.29 is 14.3 Å². The summed E-state index contributed by atoms with van der Waals surface area (Å²) < 4.78 is 6.33. The number of ether oxygens (including phenoxy) is 1. The molecule has 0 saturated carbocycles. The van der Waals surface area contributed by atoms with E-state index in [1.807, 2.05) is 31.2 Å². The van der Waals surface area contributed by atoms with Gasteiger partial charge >= 0.3 is 0 Å². The lowest BCUT2D eigenvalue weighted by molar-refractivity contribution is -0.121. The maximum Gasteiger partial charge on any atom is 0.281 e. The summed E-state index contributed by atoms with van der Waals surface area (Å²) in [7, 11) is 0. The molecule has 0 radical (unpaired) electrons. The molecule has 3 aromatic rings. The minimum Gasteiger partial charge on any atom is -0.483 e. The van der Waals surface area contributed by atoms with E-state index in [1.54, 1.807) is 18.2 Å². The summed E-state index contributed by atoms with van der Waals surface area (Å²) in [5.41, 5.74) is 5.70.